The Morgan fingerprint density at radius 1 is 1.44 bits per heavy atom. The Bertz CT molecular complexity index is 502. The Kier molecular flexibility index (Phi) is 4.92. The number of phenolic OH excluding ortho intramolecular Hbond substituents is 1. The fourth-order valence-corrected chi connectivity index (χ4v) is 2.12. The van der Waals surface area contributed by atoms with E-state index in [0.29, 0.717) is 0 Å². The predicted octanol–water partition coefficient (Wildman–Crippen LogP) is 1.70. The molecular formula is C11H16FNO4S. The van der Waals surface area contributed by atoms with Crippen molar-refractivity contribution in [3.63, 3.8) is 0 Å². The molecule has 0 unspecified atom stereocenters. The standard InChI is InChI=1S/C11H16FNO4S/c1-8(2)17-5-6-18(15,16)13-10-7-9(12)3-4-11(10)14/h3-4,7-8,13-14H,5-6H2,1-2H3. The highest BCUT2D eigenvalue weighted by atomic mass is 32.2. The molecule has 102 valence electrons. The van der Waals surface area contributed by atoms with Gasteiger partial charge in [0.15, 0.2) is 0 Å². The summed E-state index contributed by atoms with van der Waals surface area (Å²) in [6, 6.07) is 3.03. The van der Waals surface area contributed by atoms with E-state index in [1.807, 2.05) is 0 Å². The van der Waals surface area contributed by atoms with Crippen LogP contribution in [-0.2, 0) is 14.8 Å². The fraction of sp³-hybridized carbons (Fsp3) is 0.455. The smallest absolute Gasteiger partial charge is 0.235 e. The molecule has 1 rings (SSSR count). The molecule has 0 spiro atoms. The molecule has 0 aliphatic carbocycles. The molecule has 0 aromatic heterocycles. The molecule has 1 aromatic rings. The molecule has 0 aliphatic heterocycles. The number of hydrogen-bond acceptors (Lipinski definition) is 4. The summed E-state index contributed by atoms with van der Waals surface area (Å²) in [5, 5.41) is 9.39. The van der Waals surface area contributed by atoms with E-state index in [-0.39, 0.29) is 29.9 Å². The van der Waals surface area contributed by atoms with Gasteiger partial charge in [0.1, 0.15) is 11.6 Å². The lowest BCUT2D eigenvalue weighted by Crippen LogP contribution is -2.21. The van der Waals surface area contributed by atoms with Crippen LogP contribution in [0.3, 0.4) is 0 Å². The van der Waals surface area contributed by atoms with E-state index in [1.165, 1.54) is 0 Å². The first-order chi connectivity index (χ1) is 8.30. The van der Waals surface area contributed by atoms with Crippen LogP contribution in [0.25, 0.3) is 0 Å². The molecule has 18 heavy (non-hydrogen) atoms. The Morgan fingerprint density at radius 2 is 2.11 bits per heavy atom. The molecule has 0 radical (unpaired) electrons. The quantitative estimate of drug-likeness (QED) is 0.776. The van der Waals surface area contributed by atoms with Crippen molar-refractivity contribution in [2.24, 2.45) is 0 Å². The minimum Gasteiger partial charge on any atom is -0.506 e. The number of halogens is 1. The van der Waals surface area contributed by atoms with E-state index < -0.39 is 15.8 Å². The number of nitrogens with one attached hydrogen (secondary N) is 1. The topological polar surface area (TPSA) is 75.6 Å². The second-order valence-corrected chi connectivity index (χ2v) is 5.84. The molecule has 0 bridgehead atoms. The molecule has 0 aliphatic rings. The lowest BCUT2D eigenvalue weighted by molar-refractivity contribution is 0.0913. The summed E-state index contributed by atoms with van der Waals surface area (Å²) in [6.45, 7) is 3.61. The molecule has 7 heteroatoms. The van der Waals surface area contributed by atoms with Gasteiger partial charge in [-0.1, -0.05) is 0 Å². The largest absolute Gasteiger partial charge is 0.506 e. The van der Waals surface area contributed by atoms with Gasteiger partial charge in [-0.2, -0.15) is 0 Å². The SMILES string of the molecule is CC(C)OCCS(=O)(=O)Nc1cc(F)ccc1O. The van der Waals surface area contributed by atoms with Crippen LogP contribution < -0.4 is 4.72 Å². The summed E-state index contributed by atoms with van der Waals surface area (Å²) in [5.41, 5.74) is -0.181. The minimum absolute atomic E-state index is 0.0308. The van der Waals surface area contributed by atoms with Crippen molar-refractivity contribution in [2.75, 3.05) is 17.1 Å². The molecule has 5 nitrogen and oxygen atoms in total. The number of aromatic hydroxyl groups is 1. The Morgan fingerprint density at radius 3 is 2.72 bits per heavy atom. The van der Waals surface area contributed by atoms with Gasteiger partial charge < -0.3 is 9.84 Å². The van der Waals surface area contributed by atoms with Gasteiger partial charge >= 0.3 is 0 Å². The summed E-state index contributed by atoms with van der Waals surface area (Å²) in [5.74, 6) is -1.23. The summed E-state index contributed by atoms with van der Waals surface area (Å²) in [6.07, 6.45) is -0.0669. The highest BCUT2D eigenvalue weighted by Crippen LogP contribution is 2.24. The van der Waals surface area contributed by atoms with Crippen molar-refractivity contribution < 1.29 is 22.7 Å². The van der Waals surface area contributed by atoms with E-state index >= 15 is 0 Å². The monoisotopic (exact) mass is 277 g/mol. The first-order valence-corrected chi connectivity index (χ1v) is 7.06. The van der Waals surface area contributed by atoms with Crippen LogP contribution in [0.5, 0.6) is 5.75 Å². The van der Waals surface area contributed by atoms with E-state index in [1.54, 1.807) is 13.8 Å². The van der Waals surface area contributed by atoms with Gasteiger partial charge in [0.2, 0.25) is 10.0 Å². The van der Waals surface area contributed by atoms with Gasteiger partial charge in [0.05, 0.1) is 24.2 Å². The minimum atomic E-state index is -3.67. The molecule has 0 atom stereocenters. The molecule has 0 amide bonds. The molecule has 0 heterocycles. The van der Waals surface area contributed by atoms with Crippen molar-refractivity contribution in [3.05, 3.63) is 24.0 Å². The Balaban J connectivity index is 2.67. The lowest BCUT2D eigenvalue weighted by atomic mass is 10.3. The first kappa shape index (κ1) is 14.7. The fourth-order valence-electron chi connectivity index (χ4n) is 1.20. The summed E-state index contributed by atoms with van der Waals surface area (Å²) < 4.78 is 43.4. The summed E-state index contributed by atoms with van der Waals surface area (Å²) in [7, 11) is -3.67. The number of anilines is 1. The Labute approximate surface area is 106 Å². The van der Waals surface area contributed by atoms with Crippen LogP contribution in [0, 0.1) is 5.82 Å². The average Bonchev–Trinajstić information content (AvgIpc) is 2.22. The van der Waals surface area contributed by atoms with Gasteiger partial charge in [-0.25, -0.2) is 12.8 Å². The van der Waals surface area contributed by atoms with Gasteiger partial charge in [0.25, 0.3) is 0 Å². The molecule has 0 fully saturated rings. The third kappa shape index (κ3) is 4.89. The van der Waals surface area contributed by atoms with Crippen LogP contribution in [0.1, 0.15) is 13.8 Å². The zero-order valence-electron chi connectivity index (χ0n) is 10.2. The zero-order valence-corrected chi connectivity index (χ0v) is 11.0. The van der Waals surface area contributed by atoms with Gasteiger partial charge in [0, 0.05) is 6.07 Å². The maximum Gasteiger partial charge on any atom is 0.235 e. The second kappa shape index (κ2) is 6.01. The summed E-state index contributed by atoms with van der Waals surface area (Å²) >= 11 is 0. The van der Waals surface area contributed by atoms with E-state index in [9.17, 15) is 17.9 Å². The van der Waals surface area contributed by atoms with Crippen LogP contribution in [0.15, 0.2) is 18.2 Å². The number of rotatable bonds is 6. The first-order valence-electron chi connectivity index (χ1n) is 5.41. The molecule has 1 aromatic carbocycles. The number of ether oxygens (including phenoxy) is 1. The average molecular weight is 277 g/mol. The highest BCUT2D eigenvalue weighted by Gasteiger charge is 2.13. The lowest BCUT2D eigenvalue weighted by Gasteiger charge is -2.11. The highest BCUT2D eigenvalue weighted by molar-refractivity contribution is 7.92. The van der Waals surface area contributed by atoms with Crippen molar-refractivity contribution >= 4 is 15.7 Å². The molecule has 0 saturated carbocycles. The van der Waals surface area contributed by atoms with Crippen molar-refractivity contribution in [2.45, 2.75) is 20.0 Å². The van der Waals surface area contributed by atoms with E-state index in [2.05, 4.69) is 4.72 Å². The van der Waals surface area contributed by atoms with Crippen molar-refractivity contribution in [1.29, 1.82) is 0 Å². The number of benzene rings is 1. The third-order valence-corrected chi connectivity index (χ3v) is 3.26. The predicted molar refractivity (Wildman–Crippen MR) is 66.6 cm³/mol. The molecular weight excluding hydrogens is 261 g/mol. The zero-order chi connectivity index (χ0) is 13.8. The maximum absolute atomic E-state index is 12.9. The number of sulfonamides is 1. The number of phenols is 1. The normalized spacial score (nSPS) is 11.8. The van der Waals surface area contributed by atoms with Gasteiger partial charge in [-0.15, -0.1) is 0 Å². The molecule has 2 N–H and O–H groups in total. The van der Waals surface area contributed by atoms with E-state index in [0.717, 1.165) is 18.2 Å². The number of hydrogen-bond donors (Lipinski definition) is 2. The maximum atomic E-state index is 12.9. The van der Waals surface area contributed by atoms with Crippen molar-refractivity contribution in [1.82, 2.24) is 0 Å². The van der Waals surface area contributed by atoms with Gasteiger partial charge in [-0.05, 0) is 26.0 Å². The van der Waals surface area contributed by atoms with Crippen LogP contribution in [-0.4, -0.2) is 32.0 Å². The Hall–Kier alpha value is -1.34. The van der Waals surface area contributed by atoms with Gasteiger partial charge in [-0.3, -0.25) is 4.72 Å². The van der Waals surface area contributed by atoms with Crippen LogP contribution >= 0.6 is 0 Å². The van der Waals surface area contributed by atoms with Crippen LogP contribution in [0.2, 0.25) is 0 Å². The third-order valence-electron chi connectivity index (χ3n) is 2.03. The van der Waals surface area contributed by atoms with E-state index in [4.69, 9.17) is 4.74 Å². The van der Waals surface area contributed by atoms with Crippen molar-refractivity contribution in [3.8, 4) is 5.75 Å². The van der Waals surface area contributed by atoms with Crippen LogP contribution in [0.4, 0.5) is 10.1 Å². The summed E-state index contributed by atoms with van der Waals surface area (Å²) in [4.78, 5) is 0. The second-order valence-electron chi connectivity index (χ2n) is 4.00. The molecule has 0 saturated heterocycles.